The molecule has 2 rings (SSSR count). The highest BCUT2D eigenvalue weighted by Crippen LogP contribution is 2.24. The van der Waals surface area contributed by atoms with Crippen molar-refractivity contribution in [3.05, 3.63) is 47.0 Å². The third-order valence-electron chi connectivity index (χ3n) is 4.83. The van der Waals surface area contributed by atoms with E-state index in [2.05, 4.69) is 19.1 Å². The van der Waals surface area contributed by atoms with Gasteiger partial charge in [0, 0.05) is 26.6 Å². The van der Waals surface area contributed by atoms with Crippen LogP contribution in [0.5, 0.6) is 0 Å². The molecule has 0 radical (unpaired) electrons. The van der Waals surface area contributed by atoms with Crippen LogP contribution in [0, 0.1) is 12.8 Å². The number of cyclic esters (lactones) is 1. The van der Waals surface area contributed by atoms with Crippen LogP contribution < -0.4 is 0 Å². The lowest BCUT2D eigenvalue weighted by Crippen LogP contribution is -2.31. The Kier molecular flexibility index (Phi) is 8.29. The molecule has 0 saturated carbocycles. The maximum atomic E-state index is 12.8. The Labute approximate surface area is 156 Å². The number of carbonyl (C=O) groups is 1. The van der Waals surface area contributed by atoms with E-state index in [1.54, 1.807) is 7.11 Å². The van der Waals surface area contributed by atoms with E-state index in [1.165, 1.54) is 0 Å². The lowest BCUT2D eigenvalue weighted by Gasteiger charge is -2.28. The lowest BCUT2D eigenvalue weighted by molar-refractivity contribution is -0.104. The van der Waals surface area contributed by atoms with E-state index < -0.39 is 6.10 Å². The largest absolute Gasteiger partial charge is 0.459 e. The molecule has 5 nitrogen and oxygen atoms in total. The average molecular weight is 362 g/mol. The monoisotopic (exact) mass is 362 g/mol. The highest BCUT2D eigenvalue weighted by atomic mass is 16.7. The van der Waals surface area contributed by atoms with Gasteiger partial charge in [-0.2, -0.15) is 0 Å². The minimum Gasteiger partial charge on any atom is -0.459 e. The smallest absolute Gasteiger partial charge is 0.338 e. The third kappa shape index (κ3) is 5.66. The topological polar surface area (TPSA) is 65.0 Å². The first-order valence-corrected chi connectivity index (χ1v) is 9.22. The fraction of sp³-hybridized carbons (Fsp3) is 0.571. The van der Waals surface area contributed by atoms with Gasteiger partial charge in [-0.15, -0.1) is 0 Å². The molecule has 1 aromatic rings. The van der Waals surface area contributed by atoms with E-state index in [-0.39, 0.29) is 31.4 Å². The number of aryl methyl sites for hydroxylation is 1. The summed E-state index contributed by atoms with van der Waals surface area (Å²) < 4.78 is 16.7. The molecule has 1 aromatic carbocycles. The lowest BCUT2D eigenvalue weighted by atomic mass is 9.93. The molecule has 0 bridgehead atoms. The zero-order valence-electron chi connectivity index (χ0n) is 15.9. The van der Waals surface area contributed by atoms with Gasteiger partial charge in [-0.3, -0.25) is 0 Å². The Bertz CT molecular complexity index is 610. The second-order valence-electron chi connectivity index (χ2n) is 6.88. The fourth-order valence-corrected chi connectivity index (χ4v) is 3.32. The van der Waals surface area contributed by atoms with Crippen molar-refractivity contribution in [1.82, 2.24) is 0 Å². The van der Waals surface area contributed by atoms with Crippen molar-refractivity contribution < 1.29 is 24.1 Å². The maximum Gasteiger partial charge on any atom is 0.338 e. The molecule has 0 saturated heterocycles. The average Bonchev–Trinajstić information content (AvgIpc) is 2.61. The molecule has 0 aromatic heterocycles. The number of esters is 1. The summed E-state index contributed by atoms with van der Waals surface area (Å²) in [4.78, 5) is 12.8. The predicted octanol–water partition coefficient (Wildman–Crippen LogP) is 3.42. The van der Waals surface area contributed by atoms with Gasteiger partial charge in [-0.25, -0.2) is 4.79 Å². The minimum atomic E-state index is -0.396. The Morgan fingerprint density at radius 1 is 1.31 bits per heavy atom. The first kappa shape index (κ1) is 20.6. The van der Waals surface area contributed by atoms with Crippen LogP contribution in [-0.2, 0) is 20.6 Å². The molecule has 144 valence electrons. The molecule has 0 spiro atoms. The van der Waals surface area contributed by atoms with Gasteiger partial charge in [-0.1, -0.05) is 37.3 Å². The number of hydrogen-bond donors (Lipinski definition) is 1. The number of aliphatic hydroxyl groups excluding tert-OH is 1. The molecular weight excluding hydrogens is 332 g/mol. The van der Waals surface area contributed by atoms with Crippen LogP contribution in [0.25, 0.3) is 0 Å². The summed E-state index contributed by atoms with van der Waals surface area (Å²) >= 11 is 0. The van der Waals surface area contributed by atoms with Crippen molar-refractivity contribution in [2.24, 2.45) is 5.92 Å². The summed E-state index contributed by atoms with van der Waals surface area (Å²) in [6.07, 6.45) is 6.22. The zero-order valence-corrected chi connectivity index (χ0v) is 15.9. The first-order chi connectivity index (χ1) is 12.6. The van der Waals surface area contributed by atoms with Crippen LogP contribution in [0.4, 0.5) is 0 Å². The first-order valence-electron chi connectivity index (χ1n) is 9.22. The van der Waals surface area contributed by atoms with Crippen molar-refractivity contribution in [2.75, 3.05) is 20.5 Å². The Morgan fingerprint density at radius 3 is 2.85 bits per heavy atom. The number of hydrogen-bond acceptors (Lipinski definition) is 5. The summed E-state index contributed by atoms with van der Waals surface area (Å²) in [6, 6.07) is 5.85. The molecule has 1 heterocycles. The van der Waals surface area contributed by atoms with E-state index in [1.807, 2.05) is 25.1 Å². The van der Waals surface area contributed by atoms with Crippen LogP contribution in [0.3, 0.4) is 0 Å². The van der Waals surface area contributed by atoms with Gasteiger partial charge in [0.1, 0.15) is 12.9 Å². The summed E-state index contributed by atoms with van der Waals surface area (Å²) in [5.41, 5.74) is 2.50. The highest BCUT2D eigenvalue weighted by Gasteiger charge is 2.26. The van der Waals surface area contributed by atoms with Crippen LogP contribution in [0.1, 0.15) is 47.7 Å². The molecular formula is C21H30O5. The van der Waals surface area contributed by atoms with Gasteiger partial charge >= 0.3 is 5.97 Å². The normalized spacial score (nSPS) is 25.5. The van der Waals surface area contributed by atoms with Gasteiger partial charge in [0.2, 0.25) is 0 Å². The maximum absolute atomic E-state index is 12.8. The number of benzene rings is 1. The number of ether oxygens (including phenoxy) is 3. The zero-order chi connectivity index (χ0) is 18.9. The molecule has 0 fully saturated rings. The number of aliphatic hydroxyl groups is 1. The van der Waals surface area contributed by atoms with Crippen LogP contribution in [0.2, 0.25) is 0 Å². The molecule has 1 aliphatic rings. The number of rotatable bonds is 5. The Balaban J connectivity index is 2.31. The highest BCUT2D eigenvalue weighted by molar-refractivity contribution is 5.93. The summed E-state index contributed by atoms with van der Waals surface area (Å²) in [5, 5.41) is 9.40. The van der Waals surface area contributed by atoms with E-state index >= 15 is 0 Å². The van der Waals surface area contributed by atoms with Crippen LogP contribution in [0.15, 0.2) is 30.4 Å². The summed E-state index contributed by atoms with van der Waals surface area (Å²) in [6.45, 7) is 4.19. The molecule has 3 atom stereocenters. The van der Waals surface area contributed by atoms with Gasteiger partial charge in [0.25, 0.3) is 0 Å². The van der Waals surface area contributed by atoms with Crippen molar-refractivity contribution >= 4 is 5.97 Å². The fourth-order valence-electron chi connectivity index (χ4n) is 3.32. The standard InChI is InChI=1S/C21H30O5/c1-15-7-4-5-9-17-10-6-8-16(2)20(17)21(23)26-18(11-12-22)13-19(15)25-14-24-3/h4-6,8,10,15,18-19,22H,7,9,11-14H2,1-3H3/b5-4+/t15-,18-,19+/m0/s1. The van der Waals surface area contributed by atoms with Crippen molar-refractivity contribution in [1.29, 1.82) is 0 Å². The Hall–Kier alpha value is -1.69. The van der Waals surface area contributed by atoms with Gasteiger partial charge in [-0.05, 0) is 36.8 Å². The van der Waals surface area contributed by atoms with E-state index in [0.29, 0.717) is 24.8 Å². The Morgan fingerprint density at radius 2 is 2.12 bits per heavy atom. The van der Waals surface area contributed by atoms with Crippen molar-refractivity contribution in [3.63, 3.8) is 0 Å². The summed E-state index contributed by atoms with van der Waals surface area (Å²) in [7, 11) is 1.59. The third-order valence-corrected chi connectivity index (χ3v) is 4.83. The van der Waals surface area contributed by atoms with E-state index in [4.69, 9.17) is 14.2 Å². The second-order valence-corrected chi connectivity index (χ2v) is 6.88. The SMILES string of the molecule is COCO[C@@H]1C[C@H](CCO)OC(=O)c2c(C)cccc2C/C=C/C[C@@H]1C. The summed E-state index contributed by atoms with van der Waals surface area (Å²) in [5.74, 6) is -0.0821. The quantitative estimate of drug-likeness (QED) is 0.494. The van der Waals surface area contributed by atoms with Crippen molar-refractivity contribution in [2.45, 2.75) is 51.7 Å². The number of methoxy groups -OCH3 is 1. The van der Waals surface area contributed by atoms with E-state index in [9.17, 15) is 9.90 Å². The molecule has 0 aliphatic carbocycles. The minimum absolute atomic E-state index is 0.0378. The molecule has 1 aliphatic heterocycles. The van der Waals surface area contributed by atoms with Crippen LogP contribution in [-0.4, -0.2) is 43.8 Å². The molecule has 26 heavy (non-hydrogen) atoms. The molecule has 0 unspecified atom stereocenters. The number of carbonyl (C=O) groups excluding carboxylic acids is 1. The second kappa shape index (κ2) is 10.5. The molecule has 1 N–H and O–H groups in total. The van der Waals surface area contributed by atoms with Gasteiger partial charge in [0.15, 0.2) is 0 Å². The van der Waals surface area contributed by atoms with Gasteiger partial charge < -0.3 is 19.3 Å². The van der Waals surface area contributed by atoms with Crippen molar-refractivity contribution in [3.8, 4) is 0 Å². The number of fused-ring (bicyclic) bond motifs is 1. The van der Waals surface area contributed by atoms with Gasteiger partial charge in [0.05, 0.1) is 11.7 Å². The molecule has 5 heteroatoms. The number of allylic oxidation sites excluding steroid dienone is 2. The molecule has 0 amide bonds. The van der Waals surface area contributed by atoms with Crippen LogP contribution >= 0.6 is 0 Å². The van der Waals surface area contributed by atoms with E-state index in [0.717, 1.165) is 17.5 Å². The predicted molar refractivity (Wildman–Crippen MR) is 100 cm³/mol.